The molecule has 1 aromatic carbocycles. The molecule has 1 atom stereocenters. The van der Waals surface area contributed by atoms with Gasteiger partial charge < -0.3 is 5.32 Å². The lowest BCUT2D eigenvalue weighted by Crippen LogP contribution is -2.23. The first-order valence-corrected chi connectivity index (χ1v) is 7.76. The van der Waals surface area contributed by atoms with Gasteiger partial charge in [0.15, 0.2) is 0 Å². The molecule has 0 fully saturated rings. The third kappa shape index (κ3) is 6.42. The second kappa shape index (κ2) is 10.4. The molecule has 1 rings (SSSR count). The van der Waals surface area contributed by atoms with Crippen LogP contribution in [0, 0.1) is 0 Å². The molecule has 0 aliphatic heterocycles. The summed E-state index contributed by atoms with van der Waals surface area (Å²) < 4.78 is 0. The Bertz CT molecular complexity index is 286. The monoisotopic (exact) mass is 267 g/mol. The summed E-state index contributed by atoms with van der Waals surface area (Å²) in [6.07, 6.45) is 8.03. The lowest BCUT2D eigenvalue weighted by atomic mass is 10.1. The fourth-order valence-corrected chi connectivity index (χ4v) is 2.42. The summed E-state index contributed by atoms with van der Waals surface area (Å²) in [4.78, 5) is 0. The molecular weight excluding hydrogens is 242 g/mol. The number of nitrogens with one attached hydrogen (secondary N) is 1. The highest BCUT2D eigenvalue weighted by molar-refractivity contribution is 6.18. The fraction of sp³-hybridized carbons (Fsp3) is 0.625. The van der Waals surface area contributed by atoms with Gasteiger partial charge in [0.25, 0.3) is 0 Å². The molecule has 0 saturated carbocycles. The topological polar surface area (TPSA) is 12.0 Å². The van der Waals surface area contributed by atoms with Crippen molar-refractivity contribution in [1.82, 2.24) is 5.32 Å². The van der Waals surface area contributed by atoms with Crippen molar-refractivity contribution in [2.75, 3.05) is 12.4 Å². The van der Waals surface area contributed by atoms with Gasteiger partial charge in [0.05, 0.1) is 0 Å². The Morgan fingerprint density at radius 2 is 1.67 bits per heavy atom. The predicted octanol–water partition coefficient (Wildman–Crippen LogP) is 4.92. The Kier molecular flexibility index (Phi) is 8.97. The van der Waals surface area contributed by atoms with Gasteiger partial charge in [0, 0.05) is 11.9 Å². The second-order valence-electron chi connectivity index (χ2n) is 4.84. The molecule has 0 bridgehead atoms. The van der Waals surface area contributed by atoms with Crippen LogP contribution in [0.5, 0.6) is 0 Å². The number of hydrogen-bond donors (Lipinski definition) is 1. The quantitative estimate of drug-likeness (QED) is 0.469. The van der Waals surface area contributed by atoms with Gasteiger partial charge in [-0.25, -0.2) is 0 Å². The average molecular weight is 268 g/mol. The second-order valence-corrected chi connectivity index (χ2v) is 5.15. The zero-order chi connectivity index (χ0) is 13.1. The van der Waals surface area contributed by atoms with Gasteiger partial charge in [-0.2, -0.15) is 0 Å². The number of benzene rings is 1. The molecular formula is C16H26ClN. The van der Waals surface area contributed by atoms with E-state index in [1.807, 2.05) is 6.07 Å². The summed E-state index contributed by atoms with van der Waals surface area (Å²) in [5.41, 5.74) is 1.29. The van der Waals surface area contributed by atoms with Crippen LogP contribution in [0.4, 0.5) is 0 Å². The van der Waals surface area contributed by atoms with Crippen LogP contribution in [0.2, 0.25) is 0 Å². The van der Waals surface area contributed by atoms with Crippen LogP contribution in [0.1, 0.15) is 57.1 Å². The van der Waals surface area contributed by atoms with Gasteiger partial charge >= 0.3 is 0 Å². The van der Waals surface area contributed by atoms with Crippen LogP contribution >= 0.6 is 11.6 Å². The number of hydrogen-bond acceptors (Lipinski definition) is 1. The summed E-state index contributed by atoms with van der Waals surface area (Å²) in [5.74, 6) is 0.639. The first-order chi connectivity index (χ1) is 8.88. The van der Waals surface area contributed by atoms with Gasteiger partial charge in [0.1, 0.15) is 0 Å². The highest BCUT2D eigenvalue weighted by Crippen LogP contribution is 2.14. The van der Waals surface area contributed by atoms with Crippen molar-refractivity contribution in [3.05, 3.63) is 35.9 Å². The van der Waals surface area contributed by atoms with E-state index in [-0.39, 0.29) is 0 Å². The van der Waals surface area contributed by atoms with Crippen LogP contribution in [-0.2, 0) is 0 Å². The Balaban J connectivity index is 2.13. The van der Waals surface area contributed by atoms with E-state index in [4.69, 9.17) is 11.6 Å². The van der Waals surface area contributed by atoms with Gasteiger partial charge in [-0.05, 0) is 18.5 Å². The normalized spacial score (nSPS) is 12.6. The molecule has 0 aliphatic rings. The van der Waals surface area contributed by atoms with Crippen LogP contribution < -0.4 is 5.32 Å². The zero-order valence-corrected chi connectivity index (χ0v) is 12.3. The van der Waals surface area contributed by atoms with Crippen molar-refractivity contribution >= 4 is 11.6 Å². The van der Waals surface area contributed by atoms with Crippen LogP contribution in [-0.4, -0.2) is 12.4 Å². The molecule has 0 heterocycles. The van der Waals surface area contributed by atoms with E-state index in [2.05, 4.69) is 36.5 Å². The first kappa shape index (κ1) is 15.5. The molecule has 102 valence electrons. The van der Waals surface area contributed by atoms with Gasteiger partial charge in [-0.3, -0.25) is 0 Å². The summed E-state index contributed by atoms with van der Waals surface area (Å²) in [6, 6.07) is 10.8. The molecule has 1 nitrogen and oxygen atoms in total. The van der Waals surface area contributed by atoms with E-state index >= 15 is 0 Å². The van der Waals surface area contributed by atoms with Crippen LogP contribution in [0.15, 0.2) is 30.3 Å². The smallest absolute Gasteiger partial charge is 0.0457 e. The van der Waals surface area contributed by atoms with Gasteiger partial charge in [-0.15, -0.1) is 11.6 Å². The minimum atomic E-state index is 0.295. The Morgan fingerprint density at radius 1 is 1.00 bits per heavy atom. The summed E-state index contributed by atoms with van der Waals surface area (Å²) in [7, 11) is 0. The number of unbranched alkanes of at least 4 members (excludes halogenated alkanes) is 5. The van der Waals surface area contributed by atoms with Crippen LogP contribution in [0.25, 0.3) is 0 Å². The Labute approximate surface area is 117 Å². The molecule has 0 aromatic heterocycles. The van der Waals surface area contributed by atoms with E-state index in [0.29, 0.717) is 11.9 Å². The van der Waals surface area contributed by atoms with Crippen molar-refractivity contribution in [2.24, 2.45) is 0 Å². The first-order valence-electron chi connectivity index (χ1n) is 7.22. The maximum Gasteiger partial charge on any atom is 0.0457 e. The van der Waals surface area contributed by atoms with Crippen LogP contribution in [0.3, 0.4) is 0 Å². The molecule has 0 radical (unpaired) electrons. The van der Waals surface area contributed by atoms with Crippen molar-refractivity contribution < 1.29 is 0 Å². The fourth-order valence-electron chi connectivity index (χ4n) is 2.13. The third-order valence-electron chi connectivity index (χ3n) is 3.28. The molecule has 0 spiro atoms. The highest BCUT2D eigenvalue weighted by Gasteiger charge is 2.07. The lowest BCUT2D eigenvalue weighted by Gasteiger charge is -2.16. The Morgan fingerprint density at radius 3 is 2.33 bits per heavy atom. The Hall–Kier alpha value is -0.530. The van der Waals surface area contributed by atoms with E-state index in [1.54, 1.807) is 0 Å². The SMILES string of the molecule is CCCCCCCCNC(CCl)c1ccccc1. The molecule has 0 amide bonds. The van der Waals surface area contributed by atoms with E-state index < -0.39 is 0 Å². The maximum absolute atomic E-state index is 6.02. The van der Waals surface area contributed by atoms with Crippen molar-refractivity contribution in [2.45, 2.75) is 51.5 Å². The molecule has 0 saturated heterocycles. The standard InChI is InChI=1S/C16H26ClN/c1-2-3-4-5-6-10-13-18-16(14-17)15-11-8-7-9-12-15/h7-9,11-12,16,18H,2-6,10,13-14H2,1H3. The molecule has 2 heteroatoms. The summed E-state index contributed by atoms with van der Waals surface area (Å²) in [6.45, 7) is 3.32. The zero-order valence-electron chi connectivity index (χ0n) is 11.5. The molecule has 0 aliphatic carbocycles. The molecule has 1 N–H and O–H groups in total. The number of halogens is 1. The largest absolute Gasteiger partial charge is 0.309 e. The average Bonchev–Trinajstić information content (AvgIpc) is 2.43. The molecule has 1 unspecified atom stereocenters. The minimum absolute atomic E-state index is 0.295. The van der Waals surface area contributed by atoms with Crippen molar-refractivity contribution in [3.8, 4) is 0 Å². The molecule has 1 aromatic rings. The van der Waals surface area contributed by atoms with Crippen molar-refractivity contribution in [3.63, 3.8) is 0 Å². The van der Waals surface area contributed by atoms with E-state index in [1.165, 1.54) is 44.1 Å². The van der Waals surface area contributed by atoms with Crippen molar-refractivity contribution in [1.29, 1.82) is 0 Å². The summed E-state index contributed by atoms with van der Waals surface area (Å²) >= 11 is 6.02. The predicted molar refractivity (Wildman–Crippen MR) is 81.3 cm³/mol. The van der Waals surface area contributed by atoms with E-state index in [0.717, 1.165) is 6.54 Å². The number of alkyl halides is 1. The minimum Gasteiger partial charge on any atom is -0.309 e. The summed E-state index contributed by atoms with van der Waals surface area (Å²) in [5, 5.41) is 3.54. The number of rotatable bonds is 10. The van der Waals surface area contributed by atoms with Gasteiger partial charge in [0.2, 0.25) is 0 Å². The van der Waals surface area contributed by atoms with Gasteiger partial charge in [-0.1, -0.05) is 69.4 Å². The maximum atomic E-state index is 6.02. The van der Waals surface area contributed by atoms with E-state index in [9.17, 15) is 0 Å². The highest BCUT2D eigenvalue weighted by atomic mass is 35.5. The lowest BCUT2D eigenvalue weighted by molar-refractivity contribution is 0.530. The third-order valence-corrected chi connectivity index (χ3v) is 3.59. The molecule has 18 heavy (non-hydrogen) atoms.